The summed E-state index contributed by atoms with van der Waals surface area (Å²) in [7, 11) is 1.69. The van der Waals surface area contributed by atoms with Crippen LogP contribution in [0.3, 0.4) is 0 Å². The van der Waals surface area contributed by atoms with Gasteiger partial charge in [-0.3, -0.25) is 9.69 Å². The van der Waals surface area contributed by atoms with Gasteiger partial charge in [-0.15, -0.1) is 0 Å². The fourth-order valence-corrected chi connectivity index (χ4v) is 3.39. The molecule has 0 spiro atoms. The standard InChI is InChI=1S/C22H28N2O4/c1-17(25)18-7-9-20(10-8-18)28-16-19(26)15-23-11-13-24(14-12-23)21-5-3-4-6-22(21)27-2/h3-10,19,26H,11-16H2,1-2H3/t19-/m1/s1. The Hall–Kier alpha value is -2.57. The number of β-amino-alcohol motifs (C(OH)–C–C–N with tert-alkyl or cyclic N) is 1. The van der Waals surface area contributed by atoms with Gasteiger partial charge >= 0.3 is 0 Å². The molecule has 1 aliphatic rings. The van der Waals surface area contributed by atoms with Crippen molar-refractivity contribution < 1.29 is 19.4 Å². The van der Waals surface area contributed by atoms with Crippen LogP contribution in [0.4, 0.5) is 5.69 Å². The maximum Gasteiger partial charge on any atom is 0.159 e. The van der Waals surface area contributed by atoms with E-state index in [1.54, 1.807) is 31.4 Å². The van der Waals surface area contributed by atoms with Crippen molar-refractivity contribution in [2.45, 2.75) is 13.0 Å². The lowest BCUT2D eigenvalue weighted by molar-refractivity contribution is 0.0662. The summed E-state index contributed by atoms with van der Waals surface area (Å²) in [5.74, 6) is 1.57. The largest absolute Gasteiger partial charge is 0.495 e. The molecule has 0 aliphatic carbocycles. The van der Waals surface area contributed by atoms with E-state index in [4.69, 9.17) is 9.47 Å². The average molecular weight is 384 g/mol. The molecule has 1 saturated heterocycles. The van der Waals surface area contributed by atoms with Gasteiger partial charge in [0.1, 0.15) is 24.2 Å². The summed E-state index contributed by atoms with van der Waals surface area (Å²) in [6, 6.07) is 15.0. The number of anilines is 1. The molecule has 0 radical (unpaired) electrons. The van der Waals surface area contributed by atoms with Gasteiger partial charge in [0.25, 0.3) is 0 Å². The number of nitrogens with zero attached hydrogens (tertiary/aromatic N) is 2. The molecule has 1 aliphatic heterocycles. The van der Waals surface area contributed by atoms with Crippen LogP contribution in [-0.2, 0) is 0 Å². The smallest absolute Gasteiger partial charge is 0.159 e. The molecule has 1 N–H and O–H groups in total. The van der Waals surface area contributed by atoms with Gasteiger partial charge in [0.15, 0.2) is 5.78 Å². The van der Waals surface area contributed by atoms with Crippen LogP contribution in [0.15, 0.2) is 48.5 Å². The molecule has 0 amide bonds. The summed E-state index contributed by atoms with van der Waals surface area (Å²) in [5.41, 5.74) is 1.77. The molecule has 0 aromatic heterocycles. The molecular formula is C22H28N2O4. The fourth-order valence-electron chi connectivity index (χ4n) is 3.39. The zero-order chi connectivity index (χ0) is 19.9. The van der Waals surface area contributed by atoms with Crippen molar-refractivity contribution >= 4 is 11.5 Å². The van der Waals surface area contributed by atoms with E-state index in [-0.39, 0.29) is 12.4 Å². The predicted octanol–water partition coefficient (Wildman–Crippen LogP) is 2.46. The second kappa shape index (κ2) is 9.57. The number of ether oxygens (including phenoxy) is 2. The topological polar surface area (TPSA) is 62.2 Å². The van der Waals surface area contributed by atoms with Crippen LogP contribution in [0.25, 0.3) is 0 Å². The Morgan fingerprint density at radius 2 is 1.75 bits per heavy atom. The first-order valence-corrected chi connectivity index (χ1v) is 9.59. The third-order valence-electron chi connectivity index (χ3n) is 4.97. The van der Waals surface area contributed by atoms with Crippen molar-refractivity contribution in [3.8, 4) is 11.5 Å². The number of aliphatic hydroxyl groups is 1. The highest BCUT2D eigenvalue weighted by Gasteiger charge is 2.21. The van der Waals surface area contributed by atoms with Gasteiger partial charge in [-0.1, -0.05) is 12.1 Å². The summed E-state index contributed by atoms with van der Waals surface area (Å²) >= 11 is 0. The Bertz CT molecular complexity index is 770. The molecule has 1 fully saturated rings. The fraction of sp³-hybridized carbons (Fsp3) is 0.409. The Balaban J connectivity index is 1.43. The first-order chi connectivity index (χ1) is 13.6. The zero-order valence-electron chi connectivity index (χ0n) is 16.5. The molecule has 0 bridgehead atoms. The van der Waals surface area contributed by atoms with Gasteiger partial charge in [-0.25, -0.2) is 0 Å². The number of para-hydroxylation sites is 2. The maximum absolute atomic E-state index is 11.3. The van der Waals surface area contributed by atoms with Crippen molar-refractivity contribution in [3.63, 3.8) is 0 Å². The van der Waals surface area contributed by atoms with E-state index >= 15 is 0 Å². The van der Waals surface area contributed by atoms with Gasteiger partial charge in [0.2, 0.25) is 0 Å². The third-order valence-corrected chi connectivity index (χ3v) is 4.97. The van der Waals surface area contributed by atoms with Crippen molar-refractivity contribution in [1.29, 1.82) is 0 Å². The zero-order valence-corrected chi connectivity index (χ0v) is 16.5. The van der Waals surface area contributed by atoms with E-state index in [0.717, 1.165) is 37.6 Å². The van der Waals surface area contributed by atoms with Gasteiger partial charge < -0.3 is 19.5 Å². The van der Waals surface area contributed by atoms with E-state index in [1.165, 1.54) is 6.92 Å². The number of methoxy groups -OCH3 is 1. The van der Waals surface area contributed by atoms with Crippen molar-refractivity contribution in [2.75, 3.05) is 51.3 Å². The highest BCUT2D eigenvalue weighted by molar-refractivity contribution is 5.94. The lowest BCUT2D eigenvalue weighted by atomic mass is 10.1. The monoisotopic (exact) mass is 384 g/mol. The number of benzene rings is 2. The Morgan fingerprint density at radius 1 is 1.07 bits per heavy atom. The van der Waals surface area contributed by atoms with Crippen LogP contribution < -0.4 is 14.4 Å². The summed E-state index contributed by atoms with van der Waals surface area (Å²) in [5, 5.41) is 10.3. The first kappa shape index (κ1) is 20.2. The van der Waals surface area contributed by atoms with Gasteiger partial charge in [-0.2, -0.15) is 0 Å². The van der Waals surface area contributed by atoms with E-state index in [1.807, 2.05) is 18.2 Å². The molecule has 1 atom stereocenters. The molecule has 3 rings (SSSR count). The minimum absolute atomic E-state index is 0.0267. The van der Waals surface area contributed by atoms with Crippen molar-refractivity contribution in [2.24, 2.45) is 0 Å². The number of Topliss-reactive ketones (excluding diaryl/α,β-unsaturated/α-hetero) is 1. The maximum atomic E-state index is 11.3. The normalized spacial score (nSPS) is 15.9. The SMILES string of the molecule is COc1ccccc1N1CCN(C[C@@H](O)COc2ccc(C(C)=O)cc2)CC1. The molecule has 0 unspecified atom stereocenters. The first-order valence-electron chi connectivity index (χ1n) is 9.59. The average Bonchev–Trinajstić information content (AvgIpc) is 2.73. The molecule has 150 valence electrons. The van der Waals surface area contributed by atoms with E-state index in [0.29, 0.717) is 17.9 Å². The Kier molecular flexibility index (Phi) is 6.90. The number of carbonyl (C=O) groups excluding carboxylic acids is 1. The number of piperazine rings is 1. The number of ketones is 1. The number of hydrogen-bond donors (Lipinski definition) is 1. The highest BCUT2D eigenvalue weighted by Crippen LogP contribution is 2.28. The van der Waals surface area contributed by atoms with Crippen LogP contribution in [0.5, 0.6) is 11.5 Å². The van der Waals surface area contributed by atoms with Crippen LogP contribution >= 0.6 is 0 Å². The molecule has 2 aromatic carbocycles. The molecule has 2 aromatic rings. The number of carbonyl (C=O) groups is 1. The van der Waals surface area contributed by atoms with Crippen LogP contribution in [0.1, 0.15) is 17.3 Å². The molecule has 6 nitrogen and oxygen atoms in total. The van der Waals surface area contributed by atoms with E-state index < -0.39 is 6.10 Å². The number of aliphatic hydroxyl groups excluding tert-OH is 1. The van der Waals surface area contributed by atoms with E-state index in [2.05, 4.69) is 15.9 Å². The summed E-state index contributed by atoms with van der Waals surface area (Å²) in [6.07, 6.45) is -0.565. The third kappa shape index (κ3) is 5.24. The minimum Gasteiger partial charge on any atom is -0.495 e. The Morgan fingerprint density at radius 3 is 2.39 bits per heavy atom. The summed E-state index contributed by atoms with van der Waals surface area (Å²) in [4.78, 5) is 15.9. The van der Waals surface area contributed by atoms with Crippen LogP contribution in [0, 0.1) is 0 Å². The molecular weight excluding hydrogens is 356 g/mol. The van der Waals surface area contributed by atoms with Crippen molar-refractivity contribution in [3.05, 3.63) is 54.1 Å². The Labute approximate surface area is 166 Å². The van der Waals surface area contributed by atoms with Crippen LogP contribution in [0.2, 0.25) is 0 Å². The van der Waals surface area contributed by atoms with Gasteiger partial charge in [-0.05, 0) is 43.3 Å². The van der Waals surface area contributed by atoms with E-state index in [9.17, 15) is 9.90 Å². The van der Waals surface area contributed by atoms with Crippen LogP contribution in [-0.4, -0.2) is 68.3 Å². The lowest BCUT2D eigenvalue weighted by Crippen LogP contribution is -2.49. The second-order valence-electron chi connectivity index (χ2n) is 7.00. The molecule has 28 heavy (non-hydrogen) atoms. The summed E-state index contributed by atoms with van der Waals surface area (Å²) in [6.45, 7) is 5.87. The lowest BCUT2D eigenvalue weighted by Gasteiger charge is -2.37. The second-order valence-corrected chi connectivity index (χ2v) is 7.00. The molecule has 6 heteroatoms. The highest BCUT2D eigenvalue weighted by atomic mass is 16.5. The molecule has 0 saturated carbocycles. The predicted molar refractivity (Wildman–Crippen MR) is 110 cm³/mol. The van der Waals surface area contributed by atoms with Crippen molar-refractivity contribution in [1.82, 2.24) is 4.90 Å². The quantitative estimate of drug-likeness (QED) is 0.706. The number of rotatable bonds is 8. The molecule has 1 heterocycles. The van der Waals surface area contributed by atoms with Gasteiger partial charge in [0, 0.05) is 38.3 Å². The summed E-state index contributed by atoms with van der Waals surface area (Å²) < 4.78 is 11.1. The number of hydrogen-bond acceptors (Lipinski definition) is 6. The minimum atomic E-state index is -0.565. The van der Waals surface area contributed by atoms with Gasteiger partial charge in [0.05, 0.1) is 12.8 Å².